The molecule has 0 N–H and O–H groups in total. The van der Waals surface area contributed by atoms with Crippen LogP contribution in [-0.2, 0) is 29.0 Å². The Balaban J connectivity index is 1.67. The van der Waals surface area contributed by atoms with Crippen LogP contribution in [0.3, 0.4) is 0 Å². The number of thiophene rings is 1. The average Bonchev–Trinajstić information content (AvgIpc) is 3.39. The molecule has 1 aromatic heterocycles. The van der Waals surface area contributed by atoms with Gasteiger partial charge in [0.25, 0.3) is 5.91 Å². The first-order valence-corrected chi connectivity index (χ1v) is 14.4. The topological polar surface area (TPSA) is 40.6 Å². The maximum absolute atomic E-state index is 13.8. The fourth-order valence-electron chi connectivity index (χ4n) is 5.15. The number of rotatable bonds is 6. The molecular formula is C31H32F6N2O2S. The summed E-state index contributed by atoms with van der Waals surface area (Å²) in [7, 11) is 0. The summed E-state index contributed by atoms with van der Waals surface area (Å²) < 4.78 is 80.6. The molecule has 0 saturated carbocycles. The quantitative estimate of drug-likeness (QED) is 0.265. The minimum atomic E-state index is -5.09. The van der Waals surface area contributed by atoms with Crippen LogP contribution in [0, 0.1) is 0 Å². The third kappa shape index (κ3) is 6.82. The van der Waals surface area contributed by atoms with Crippen LogP contribution in [0.25, 0.3) is 0 Å². The van der Waals surface area contributed by atoms with E-state index >= 15 is 0 Å². The highest BCUT2D eigenvalue weighted by molar-refractivity contribution is 7.10. The predicted molar refractivity (Wildman–Crippen MR) is 149 cm³/mol. The smallest absolute Gasteiger partial charge is 0.330 e. The molecule has 0 aliphatic carbocycles. The van der Waals surface area contributed by atoms with E-state index in [2.05, 4.69) is 20.8 Å². The number of hydrogen-bond acceptors (Lipinski definition) is 3. The molecule has 1 aliphatic rings. The monoisotopic (exact) mass is 610 g/mol. The van der Waals surface area contributed by atoms with Gasteiger partial charge in [-0.1, -0.05) is 52.0 Å². The summed E-state index contributed by atoms with van der Waals surface area (Å²) in [6.07, 6.45) is -9.25. The summed E-state index contributed by atoms with van der Waals surface area (Å²) in [6.45, 7) is 7.83. The first-order valence-electron chi connectivity index (χ1n) is 13.6. The number of amides is 2. The van der Waals surface area contributed by atoms with Crippen molar-refractivity contribution in [1.29, 1.82) is 0 Å². The lowest BCUT2D eigenvalue weighted by Crippen LogP contribution is -2.47. The third-order valence-corrected chi connectivity index (χ3v) is 8.32. The maximum Gasteiger partial charge on any atom is 0.416 e. The number of carbonyl (C=O) groups is 2. The van der Waals surface area contributed by atoms with E-state index in [4.69, 9.17) is 0 Å². The van der Waals surface area contributed by atoms with Gasteiger partial charge < -0.3 is 9.80 Å². The third-order valence-electron chi connectivity index (χ3n) is 7.32. The van der Waals surface area contributed by atoms with E-state index in [1.54, 1.807) is 23.2 Å². The molecule has 226 valence electrons. The Morgan fingerprint density at radius 2 is 1.50 bits per heavy atom. The van der Waals surface area contributed by atoms with Crippen molar-refractivity contribution in [3.8, 4) is 0 Å². The summed E-state index contributed by atoms with van der Waals surface area (Å²) in [5.74, 6) is -1.51. The van der Waals surface area contributed by atoms with Crippen LogP contribution in [0.2, 0.25) is 0 Å². The second-order valence-electron chi connectivity index (χ2n) is 11.4. The van der Waals surface area contributed by atoms with Crippen LogP contribution >= 0.6 is 11.3 Å². The molecule has 2 amide bonds. The van der Waals surface area contributed by atoms with Crippen molar-refractivity contribution in [3.63, 3.8) is 0 Å². The second kappa shape index (κ2) is 11.7. The molecule has 0 saturated heterocycles. The molecule has 3 aromatic rings. The van der Waals surface area contributed by atoms with E-state index in [-0.39, 0.29) is 18.0 Å². The number of alkyl halides is 6. The largest absolute Gasteiger partial charge is 0.416 e. The number of nitrogens with zero attached hydrogens (tertiary/aromatic N) is 2. The zero-order valence-electron chi connectivity index (χ0n) is 23.7. The molecule has 1 unspecified atom stereocenters. The van der Waals surface area contributed by atoms with Gasteiger partial charge in [-0.05, 0) is 64.6 Å². The van der Waals surface area contributed by atoms with Crippen molar-refractivity contribution in [1.82, 2.24) is 9.80 Å². The molecule has 0 radical (unpaired) electrons. The van der Waals surface area contributed by atoms with Crippen molar-refractivity contribution in [3.05, 3.63) is 92.2 Å². The van der Waals surface area contributed by atoms with E-state index in [0.717, 1.165) is 26.5 Å². The molecule has 4 rings (SSSR count). The van der Waals surface area contributed by atoms with Gasteiger partial charge in [-0.2, -0.15) is 26.3 Å². The number of fused-ring (bicyclic) bond motifs is 1. The van der Waals surface area contributed by atoms with E-state index in [1.807, 2.05) is 35.7 Å². The SMILES string of the molecule is CCCN(CC(=O)N1CCc2sccc2C1c1ccc(C(C)(C)C)cc1)C(=O)c1cc(C(F)(F)F)cc(C(F)(F)F)c1. The fraction of sp³-hybridized carbons (Fsp3) is 0.419. The van der Waals surface area contributed by atoms with Gasteiger partial charge in [0.1, 0.15) is 6.54 Å². The second-order valence-corrected chi connectivity index (χ2v) is 12.4. The Morgan fingerprint density at radius 1 is 0.905 bits per heavy atom. The lowest BCUT2D eigenvalue weighted by atomic mass is 9.85. The first kappa shape index (κ1) is 31.6. The van der Waals surface area contributed by atoms with Crippen LogP contribution < -0.4 is 0 Å². The van der Waals surface area contributed by atoms with Crippen molar-refractivity contribution < 1.29 is 35.9 Å². The Bertz CT molecular complexity index is 1410. The van der Waals surface area contributed by atoms with Crippen LogP contribution in [0.4, 0.5) is 26.3 Å². The molecule has 42 heavy (non-hydrogen) atoms. The summed E-state index contributed by atoms with van der Waals surface area (Å²) in [5, 5.41) is 1.95. The van der Waals surface area contributed by atoms with Crippen molar-refractivity contribution in [2.75, 3.05) is 19.6 Å². The molecule has 2 heterocycles. The summed E-state index contributed by atoms with van der Waals surface area (Å²) >= 11 is 1.59. The number of hydrogen-bond donors (Lipinski definition) is 0. The number of carbonyl (C=O) groups excluding carboxylic acids is 2. The van der Waals surface area contributed by atoms with Crippen molar-refractivity contribution >= 4 is 23.2 Å². The molecule has 1 atom stereocenters. The maximum atomic E-state index is 13.8. The molecular weight excluding hydrogens is 578 g/mol. The van der Waals surface area contributed by atoms with E-state index in [0.29, 0.717) is 31.5 Å². The normalized spacial score (nSPS) is 15.9. The molecule has 0 bridgehead atoms. The minimum absolute atomic E-state index is 0.0200. The van der Waals surface area contributed by atoms with Crippen LogP contribution in [0.15, 0.2) is 53.9 Å². The van der Waals surface area contributed by atoms with E-state index in [9.17, 15) is 35.9 Å². The van der Waals surface area contributed by atoms with Gasteiger partial charge in [-0.3, -0.25) is 9.59 Å². The number of benzene rings is 2. The van der Waals surface area contributed by atoms with Crippen LogP contribution in [0.1, 0.15) is 83.2 Å². The first-order chi connectivity index (χ1) is 19.5. The van der Waals surface area contributed by atoms with Gasteiger partial charge in [0, 0.05) is 23.5 Å². The molecule has 11 heteroatoms. The standard InChI is InChI=1S/C31H32F6N2O2S/c1-5-12-38(28(41)20-15-22(30(32,33)34)17-23(16-20)31(35,36)37)18-26(40)39-13-10-25-24(11-14-42-25)27(39)19-6-8-21(9-7-19)29(2,3)4/h6-9,11,14-17,27H,5,10,12-13,18H2,1-4H3. The Hall–Kier alpha value is -3.34. The summed E-state index contributed by atoms with van der Waals surface area (Å²) in [5.41, 5.74) is -1.06. The molecule has 1 aliphatic heterocycles. The van der Waals surface area contributed by atoms with Gasteiger partial charge in [0.15, 0.2) is 0 Å². The van der Waals surface area contributed by atoms with Gasteiger partial charge in [-0.25, -0.2) is 0 Å². The Morgan fingerprint density at radius 3 is 2.02 bits per heavy atom. The molecule has 0 fully saturated rings. The fourth-order valence-corrected chi connectivity index (χ4v) is 6.05. The lowest BCUT2D eigenvalue weighted by Gasteiger charge is -2.38. The predicted octanol–water partition coefficient (Wildman–Crippen LogP) is 8.11. The van der Waals surface area contributed by atoms with Gasteiger partial charge in [0.2, 0.25) is 5.91 Å². The minimum Gasteiger partial charge on any atom is -0.330 e. The molecule has 0 spiro atoms. The highest BCUT2D eigenvalue weighted by atomic mass is 32.1. The van der Waals surface area contributed by atoms with Gasteiger partial charge in [-0.15, -0.1) is 11.3 Å². The lowest BCUT2D eigenvalue weighted by molar-refractivity contribution is -0.143. The highest BCUT2D eigenvalue weighted by Gasteiger charge is 2.39. The number of halogens is 6. The molecule has 2 aromatic carbocycles. The van der Waals surface area contributed by atoms with Crippen LogP contribution in [0.5, 0.6) is 0 Å². The highest BCUT2D eigenvalue weighted by Crippen LogP contribution is 2.39. The van der Waals surface area contributed by atoms with Crippen molar-refractivity contribution in [2.24, 2.45) is 0 Å². The Labute approximate surface area is 244 Å². The zero-order chi connectivity index (χ0) is 31.0. The van der Waals surface area contributed by atoms with Crippen molar-refractivity contribution in [2.45, 2.75) is 64.3 Å². The Kier molecular flexibility index (Phi) is 8.83. The summed E-state index contributed by atoms with van der Waals surface area (Å²) in [4.78, 5) is 31.0. The van der Waals surface area contributed by atoms with E-state index in [1.165, 1.54) is 0 Å². The van der Waals surface area contributed by atoms with Gasteiger partial charge >= 0.3 is 12.4 Å². The summed E-state index contributed by atoms with van der Waals surface area (Å²) in [6, 6.07) is 10.3. The molecule has 4 nitrogen and oxygen atoms in total. The zero-order valence-corrected chi connectivity index (χ0v) is 24.5. The van der Waals surface area contributed by atoms with E-state index < -0.39 is 53.4 Å². The van der Waals surface area contributed by atoms with Gasteiger partial charge in [0.05, 0.1) is 17.2 Å². The van der Waals surface area contributed by atoms with Crippen LogP contribution in [-0.4, -0.2) is 41.2 Å². The average molecular weight is 611 g/mol.